The van der Waals surface area contributed by atoms with E-state index in [1.54, 1.807) is 7.11 Å². The minimum absolute atomic E-state index is 0.226. The molecule has 0 N–H and O–H groups in total. The lowest BCUT2D eigenvalue weighted by Gasteiger charge is -2.65. The van der Waals surface area contributed by atoms with Gasteiger partial charge in [-0.3, -0.25) is 0 Å². The molecular weight excluding hydrogens is 412 g/mol. The van der Waals surface area contributed by atoms with E-state index in [1.165, 1.54) is 70.2 Å². The summed E-state index contributed by atoms with van der Waals surface area (Å²) in [6.07, 6.45) is 8.12. The first-order valence-electron chi connectivity index (χ1n) is 12.1. The molecule has 3 heteroatoms. The van der Waals surface area contributed by atoms with Gasteiger partial charge in [0.05, 0.1) is 0 Å². The van der Waals surface area contributed by atoms with Gasteiger partial charge in [0.25, 0.3) is 0 Å². The smallest absolute Gasteiger partial charge is 0.188 e. The Kier molecular flexibility index (Phi) is 4.59. The van der Waals surface area contributed by atoms with Crippen LogP contribution in [0.5, 0.6) is 5.75 Å². The van der Waals surface area contributed by atoms with Crippen LogP contribution in [0.2, 0.25) is 0 Å². The molecule has 32 heavy (non-hydrogen) atoms. The molecule has 0 radical (unpaired) electrons. The van der Waals surface area contributed by atoms with Crippen LogP contribution in [0.3, 0.4) is 0 Å². The molecule has 7 rings (SSSR count). The Morgan fingerprint density at radius 1 is 0.969 bits per heavy atom. The first kappa shape index (κ1) is 20.7. The van der Waals surface area contributed by atoms with Gasteiger partial charge in [-0.15, -0.1) is 11.3 Å². The third-order valence-corrected chi connectivity index (χ3v) is 9.59. The van der Waals surface area contributed by atoms with Gasteiger partial charge in [-0.2, -0.15) is 0 Å². The molecule has 0 spiro atoms. The van der Waals surface area contributed by atoms with Gasteiger partial charge < -0.3 is 9.47 Å². The Hall–Kier alpha value is -1.84. The van der Waals surface area contributed by atoms with Crippen LogP contribution >= 0.6 is 11.3 Å². The van der Waals surface area contributed by atoms with E-state index in [1.807, 2.05) is 11.3 Å². The molecule has 4 bridgehead atoms. The Bertz CT molecular complexity index is 1140. The van der Waals surface area contributed by atoms with E-state index in [2.05, 4.69) is 63.2 Å². The van der Waals surface area contributed by atoms with E-state index in [0.717, 1.165) is 11.7 Å². The number of aryl methyl sites for hydroxylation is 1. The second-order valence-corrected chi connectivity index (χ2v) is 12.9. The lowest BCUT2D eigenvalue weighted by molar-refractivity contribution is -0.110. The molecule has 1 heterocycles. The fourth-order valence-electron chi connectivity index (χ4n) is 8.49. The molecule has 168 valence electrons. The summed E-state index contributed by atoms with van der Waals surface area (Å²) >= 11 is 1.87. The molecule has 4 saturated carbocycles. The van der Waals surface area contributed by atoms with Gasteiger partial charge in [0.2, 0.25) is 0 Å². The summed E-state index contributed by atoms with van der Waals surface area (Å²) in [7, 11) is 1.72. The number of hydrogen-bond donors (Lipinski definition) is 0. The van der Waals surface area contributed by atoms with Crippen molar-refractivity contribution in [2.75, 3.05) is 13.9 Å². The summed E-state index contributed by atoms with van der Waals surface area (Å²) in [5, 5.41) is 1.31. The van der Waals surface area contributed by atoms with Crippen molar-refractivity contribution in [3.8, 4) is 16.2 Å². The van der Waals surface area contributed by atoms with Crippen LogP contribution in [-0.2, 0) is 10.2 Å². The Morgan fingerprint density at radius 3 is 2.41 bits per heavy atom. The van der Waals surface area contributed by atoms with Crippen LogP contribution in [0, 0.1) is 23.7 Å². The van der Waals surface area contributed by atoms with Crippen LogP contribution < -0.4 is 4.74 Å². The maximum Gasteiger partial charge on any atom is 0.188 e. The van der Waals surface area contributed by atoms with E-state index >= 15 is 0 Å². The molecule has 0 amide bonds. The third-order valence-electron chi connectivity index (χ3n) is 8.44. The maximum atomic E-state index is 6.46. The summed E-state index contributed by atoms with van der Waals surface area (Å²) in [6.45, 7) is 7.66. The van der Waals surface area contributed by atoms with Crippen molar-refractivity contribution < 1.29 is 9.47 Å². The molecule has 0 aliphatic heterocycles. The maximum absolute atomic E-state index is 6.46. The number of benzene rings is 2. The zero-order valence-corrected chi connectivity index (χ0v) is 20.6. The summed E-state index contributed by atoms with van der Waals surface area (Å²) in [5.74, 6) is 1.92. The van der Waals surface area contributed by atoms with Gasteiger partial charge in [0, 0.05) is 33.2 Å². The molecule has 4 fully saturated rings. The lowest BCUT2D eigenvalue weighted by Crippen LogP contribution is -2.56. The Balaban J connectivity index is 1.55. The Labute approximate surface area is 195 Å². The topological polar surface area (TPSA) is 18.5 Å². The highest BCUT2D eigenvalue weighted by molar-refractivity contribution is 7.22. The van der Waals surface area contributed by atoms with Crippen molar-refractivity contribution in [3.63, 3.8) is 0 Å². The SMILES string of the molecule is COCOc1c(-c2cc3ccccc3s2)cc(C)cc1C12CC3CC(C)(CC(C)(C3)C1)C2. The molecular formula is C29H34O2S. The first-order valence-corrected chi connectivity index (χ1v) is 12.9. The number of methoxy groups -OCH3 is 1. The highest BCUT2D eigenvalue weighted by Gasteiger charge is 2.61. The van der Waals surface area contributed by atoms with Crippen molar-refractivity contribution in [2.45, 2.75) is 64.7 Å². The van der Waals surface area contributed by atoms with E-state index < -0.39 is 0 Å². The molecule has 4 aliphatic rings. The normalized spacial score (nSPS) is 33.2. The average Bonchev–Trinajstić information content (AvgIpc) is 3.14. The molecule has 0 saturated heterocycles. The van der Waals surface area contributed by atoms with E-state index in [0.29, 0.717) is 17.6 Å². The molecule has 3 aromatic rings. The van der Waals surface area contributed by atoms with Crippen LogP contribution in [0.15, 0.2) is 42.5 Å². The van der Waals surface area contributed by atoms with Gasteiger partial charge in [-0.05, 0) is 91.3 Å². The van der Waals surface area contributed by atoms with Crippen LogP contribution in [0.4, 0.5) is 0 Å². The van der Waals surface area contributed by atoms with Gasteiger partial charge in [-0.25, -0.2) is 0 Å². The minimum atomic E-state index is 0.226. The quantitative estimate of drug-likeness (QED) is 0.369. The van der Waals surface area contributed by atoms with Crippen molar-refractivity contribution >= 4 is 21.4 Å². The van der Waals surface area contributed by atoms with Crippen molar-refractivity contribution in [1.29, 1.82) is 0 Å². The minimum Gasteiger partial charge on any atom is -0.467 e. The van der Waals surface area contributed by atoms with Crippen molar-refractivity contribution in [1.82, 2.24) is 0 Å². The molecule has 2 atom stereocenters. The molecule has 4 aliphatic carbocycles. The van der Waals surface area contributed by atoms with E-state index in [4.69, 9.17) is 9.47 Å². The van der Waals surface area contributed by atoms with Crippen molar-refractivity contribution in [2.24, 2.45) is 16.7 Å². The summed E-state index contributed by atoms with van der Waals surface area (Å²) in [5.41, 5.74) is 5.18. The summed E-state index contributed by atoms with van der Waals surface area (Å²) < 4.78 is 13.2. The number of thiophene rings is 1. The zero-order valence-electron chi connectivity index (χ0n) is 19.8. The average molecular weight is 447 g/mol. The van der Waals surface area contributed by atoms with Gasteiger partial charge in [0.1, 0.15) is 5.75 Å². The third kappa shape index (κ3) is 3.23. The Morgan fingerprint density at radius 2 is 1.72 bits per heavy atom. The standard InChI is InChI=1S/C29H34O2S/c1-19-9-22(25-11-21-7-5-6-8-24(21)32-25)26(31-18-30-4)23(10-19)29-14-20-12-27(2,16-29)15-28(3,13-20)17-29/h5-11,20H,12-18H2,1-4H3. The molecule has 2 unspecified atom stereocenters. The summed E-state index contributed by atoms with van der Waals surface area (Å²) in [6, 6.07) is 15.8. The highest BCUT2D eigenvalue weighted by Crippen LogP contribution is 2.70. The number of hydrogen-bond acceptors (Lipinski definition) is 3. The molecule has 2 aromatic carbocycles. The van der Waals surface area contributed by atoms with Crippen LogP contribution in [0.1, 0.15) is 63.5 Å². The predicted octanol–water partition coefficient (Wildman–Crippen LogP) is 8.11. The molecule has 1 aromatic heterocycles. The van der Waals surface area contributed by atoms with Gasteiger partial charge in [0.15, 0.2) is 6.79 Å². The van der Waals surface area contributed by atoms with Crippen molar-refractivity contribution in [3.05, 3.63) is 53.6 Å². The zero-order chi connectivity index (χ0) is 22.1. The predicted molar refractivity (Wildman–Crippen MR) is 134 cm³/mol. The monoisotopic (exact) mass is 446 g/mol. The second-order valence-electron chi connectivity index (χ2n) is 11.8. The highest BCUT2D eigenvalue weighted by atomic mass is 32.1. The lowest BCUT2D eigenvalue weighted by atomic mass is 9.39. The fraction of sp³-hybridized carbons (Fsp3) is 0.517. The summed E-state index contributed by atoms with van der Waals surface area (Å²) in [4.78, 5) is 1.30. The van der Waals surface area contributed by atoms with Crippen LogP contribution in [-0.4, -0.2) is 13.9 Å². The van der Waals surface area contributed by atoms with E-state index in [-0.39, 0.29) is 5.41 Å². The number of ether oxygens (including phenoxy) is 2. The van der Waals surface area contributed by atoms with Gasteiger partial charge in [-0.1, -0.05) is 38.1 Å². The van der Waals surface area contributed by atoms with Crippen LogP contribution in [0.25, 0.3) is 20.5 Å². The second kappa shape index (κ2) is 7.08. The number of fused-ring (bicyclic) bond motifs is 1. The first-order chi connectivity index (χ1) is 15.3. The fourth-order valence-corrected chi connectivity index (χ4v) is 9.56. The molecule has 2 nitrogen and oxygen atoms in total. The largest absolute Gasteiger partial charge is 0.467 e. The number of rotatable bonds is 5. The van der Waals surface area contributed by atoms with Gasteiger partial charge >= 0.3 is 0 Å². The van der Waals surface area contributed by atoms with E-state index in [9.17, 15) is 0 Å².